The minimum Gasteiger partial charge on any atom is -0.323 e. The quantitative estimate of drug-likeness (QED) is 0.330. The minimum absolute atomic E-state index is 0.0441. The zero-order valence-electron chi connectivity index (χ0n) is 23.8. The van der Waals surface area contributed by atoms with E-state index in [0.29, 0.717) is 13.1 Å². The highest BCUT2D eigenvalue weighted by Gasteiger charge is 2.51. The lowest BCUT2D eigenvalue weighted by Crippen LogP contribution is -2.46. The van der Waals surface area contributed by atoms with Gasteiger partial charge in [-0.1, -0.05) is 107 Å². The predicted octanol–water partition coefficient (Wildman–Crippen LogP) is 7.19. The van der Waals surface area contributed by atoms with Crippen LogP contribution in [-0.4, -0.2) is 44.8 Å². The number of rotatable bonds is 4. The third kappa shape index (κ3) is 6.75. The molecule has 2 heterocycles. The molecule has 2 spiro atoms. The molecule has 10 heteroatoms. The van der Waals surface area contributed by atoms with Crippen molar-refractivity contribution in [3.63, 3.8) is 0 Å². The molecule has 2 saturated heterocycles. The number of hydrogen-bond acceptors (Lipinski definition) is 4. The van der Waals surface area contributed by atoms with Crippen molar-refractivity contribution < 1.29 is 19.2 Å². The van der Waals surface area contributed by atoms with Gasteiger partial charge in [-0.2, -0.15) is 0 Å². The second-order valence-corrected chi connectivity index (χ2v) is 13.7. The van der Waals surface area contributed by atoms with Crippen LogP contribution in [0.5, 0.6) is 0 Å². The van der Waals surface area contributed by atoms with E-state index in [-0.39, 0.29) is 23.9 Å². The number of nitrogens with zero attached hydrogens (tertiary/aromatic N) is 2. The monoisotopic (exact) mass is 700 g/mol. The Hall–Kier alpha value is -2.72. The molecule has 8 nitrogen and oxygen atoms in total. The molecule has 6 amide bonds. The van der Waals surface area contributed by atoms with Crippen LogP contribution in [-0.2, 0) is 22.7 Å². The van der Waals surface area contributed by atoms with Crippen LogP contribution < -0.4 is 10.6 Å². The summed E-state index contributed by atoms with van der Waals surface area (Å²) >= 11 is 6.78. The average molecular weight is 702 g/mol. The number of amides is 6. The van der Waals surface area contributed by atoms with Gasteiger partial charge in [0, 0.05) is 8.95 Å². The van der Waals surface area contributed by atoms with E-state index >= 15 is 0 Å². The molecule has 0 bridgehead atoms. The van der Waals surface area contributed by atoms with Gasteiger partial charge in [0.15, 0.2) is 0 Å². The van der Waals surface area contributed by atoms with E-state index in [9.17, 15) is 19.2 Å². The number of hydrogen-bond donors (Lipinski definition) is 2. The lowest BCUT2D eigenvalue weighted by atomic mass is 9.90. The normalized spacial score (nSPS) is 21.5. The van der Waals surface area contributed by atoms with Gasteiger partial charge in [0.1, 0.15) is 11.1 Å². The molecule has 2 aromatic rings. The Morgan fingerprint density at radius 3 is 1.14 bits per heavy atom. The van der Waals surface area contributed by atoms with Crippen molar-refractivity contribution in [1.29, 1.82) is 0 Å². The lowest BCUT2D eigenvalue weighted by Gasteiger charge is -2.24. The van der Waals surface area contributed by atoms with Gasteiger partial charge in [-0.25, -0.2) is 9.59 Å². The Bertz CT molecular complexity index is 1200. The number of halogens is 2. The van der Waals surface area contributed by atoms with Crippen LogP contribution in [0.4, 0.5) is 9.59 Å². The van der Waals surface area contributed by atoms with Crippen molar-refractivity contribution in [2.75, 3.05) is 0 Å². The molecule has 2 aliphatic heterocycles. The van der Waals surface area contributed by atoms with Gasteiger partial charge in [-0.05, 0) is 61.1 Å². The summed E-state index contributed by atoms with van der Waals surface area (Å²) in [6, 6.07) is 14.9. The average Bonchev–Trinajstić information content (AvgIpc) is 3.21. The molecule has 4 fully saturated rings. The Labute approximate surface area is 264 Å². The number of carbonyl (C=O) groups is 4. The first-order valence-electron chi connectivity index (χ1n) is 15.0. The molecule has 2 saturated carbocycles. The third-order valence-corrected chi connectivity index (χ3v) is 9.97. The van der Waals surface area contributed by atoms with Crippen LogP contribution in [0.3, 0.4) is 0 Å². The van der Waals surface area contributed by atoms with E-state index in [4.69, 9.17) is 0 Å². The van der Waals surface area contributed by atoms with E-state index in [1.807, 2.05) is 48.5 Å². The summed E-state index contributed by atoms with van der Waals surface area (Å²) in [5.41, 5.74) is 0.658. The second-order valence-electron chi connectivity index (χ2n) is 11.9. The topological polar surface area (TPSA) is 98.8 Å². The SMILES string of the molecule is O=C1NC2(CCCCCC2)C(=O)N1Cc1ccc(Br)cc1.O=C1NC2(CCCCCC2)C(=O)N1Cc1ccc(Br)cc1. The summed E-state index contributed by atoms with van der Waals surface area (Å²) in [7, 11) is 0. The predicted molar refractivity (Wildman–Crippen MR) is 167 cm³/mol. The Morgan fingerprint density at radius 2 is 0.833 bits per heavy atom. The van der Waals surface area contributed by atoms with Gasteiger partial charge in [0.25, 0.3) is 11.8 Å². The fraction of sp³-hybridized carbons (Fsp3) is 0.500. The van der Waals surface area contributed by atoms with E-state index < -0.39 is 11.1 Å². The highest BCUT2D eigenvalue weighted by molar-refractivity contribution is 9.10. The second kappa shape index (κ2) is 13.3. The molecule has 0 atom stereocenters. The molecule has 2 aliphatic carbocycles. The molecular formula is C32H38Br2N4O4. The van der Waals surface area contributed by atoms with Crippen molar-refractivity contribution in [2.45, 2.75) is 101 Å². The van der Waals surface area contributed by atoms with Crippen molar-refractivity contribution in [2.24, 2.45) is 0 Å². The maximum absolute atomic E-state index is 12.8. The van der Waals surface area contributed by atoms with Crippen molar-refractivity contribution in [1.82, 2.24) is 20.4 Å². The smallest absolute Gasteiger partial charge is 0.323 e. The Balaban J connectivity index is 0.000000168. The van der Waals surface area contributed by atoms with Gasteiger partial charge in [0.2, 0.25) is 0 Å². The number of benzene rings is 2. The fourth-order valence-corrected chi connectivity index (χ4v) is 7.06. The van der Waals surface area contributed by atoms with Gasteiger partial charge < -0.3 is 10.6 Å². The maximum Gasteiger partial charge on any atom is 0.325 e. The highest BCUT2D eigenvalue weighted by Crippen LogP contribution is 2.34. The zero-order valence-corrected chi connectivity index (χ0v) is 27.0. The van der Waals surface area contributed by atoms with Gasteiger partial charge in [-0.3, -0.25) is 19.4 Å². The first-order chi connectivity index (χ1) is 20.2. The summed E-state index contributed by atoms with van der Waals surface area (Å²) in [4.78, 5) is 52.7. The summed E-state index contributed by atoms with van der Waals surface area (Å²) in [6.45, 7) is 0.694. The molecule has 4 aliphatic rings. The molecule has 2 N–H and O–H groups in total. The summed E-state index contributed by atoms with van der Waals surface area (Å²) < 4.78 is 1.98. The molecule has 0 unspecified atom stereocenters. The van der Waals surface area contributed by atoms with E-state index in [1.165, 1.54) is 9.80 Å². The van der Waals surface area contributed by atoms with Crippen molar-refractivity contribution in [3.8, 4) is 0 Å². The third-order valence-electron chi connectivity index (χ3n) is 8.91. The maximum atomic E-state index is 12.8. The van der Waals surface area contributed by atoms with E-state index in [1.54, 1.807) is 0 Å². The van der Waals surface area contributed by atoms with Crippen LogP contribution in [0.1, 0.15) is 88.2 Å². The van der Waals surface area contributed by atoms with Crippen molar-refractivity contribution in [3.05, 3.63) is 68.6 Å². The summed E-state index contributed by atoms with van der Waals surface area (Å²) in [5.74, 6) is -0.0883. The summed E-state index contributed by atoms with van der Waals surface area (Å²) in [5, 5.41) is 5.94. The standard InChI is InChI=1S/2C16H19BrN2O2/c2*17-13-7-5-12(6-8-13)11-19-14(20)16(18-15(19)21)9-3-1-2-4-10-16/h2*5-8H,1-4,9-11H2,(H,18,21). The lowest BCUT2D eigenvalue weighted by molar-refractivity contribution is -0.133. The molecule has 6 rings (SSSR count). The molecular weight excluding hydrogens is 664 g/mol. The molecule has 0 radical (unpaired) electrons. The van der Waals surface area contributed by atoms with Crippen LogP contribution in [0.2, 0.25) is 0 Å². The first kappa shape index (κ1) is 30.7. The largest absolute Gasteiger partial charge is 0.325 e. The van der Waals surface area contributed by atoms with Gasteiger partial charge in [-0.15, -0.1) is 0 Å². The van der Waals surface area contributed by atoms with Crippen LogP contribution in [0.25, 0.3) is 0 Å². The molecule has 224 valence electrons. The van der Waals surface area contributed by atoms with Gasteiger partial charge in [0.05, 0.1) is 13.1 Å². The molecule has 0 aromatic heterocycles. The molecule has 42 heavy (non-hydrogen) atoms. The number of nitrogens with one attached hydrogen (secondary N) is 2. The van der Waals surface area contributed by atoms with Gasteiger partial charge >= 0.3 is 12.1 Å². The number of imide groups is 2. The Morgan fingerprint density at radius 1 is 0.524 bits per heavy atom. The first-order valence-corrected chi connectivity index (χ1v) is 16.6. The van der Waals surface area contributed by atoms with E-state index in [0.717, 1.165) is 97.1 Å². The van der Waals surface area contributed by atoms with Crippen LogP contribution >= 0.6 is 31.9 Å². The number of urea groups is 2. The number of carbonyl (C=O) groups excluding carboxylic acids is 4. The minimum atomic E-state index is -0.636. The Kier molecular flexibility index (Phi) is 9.72. The summed E-state index contributed by atoms with van der Waals surface area (Å²) in [6.07, 6.45) is 11.7. The highest BCUT2D eigenvalue weighted by atomic mass is 79.9. The van der Waals surface area contributed by atoms with E-state index in [2.05, 4.69) is 42.5 Å². The molecule has 2 aromatic carbocycles. The van der Waals surface area contributed by atoms with Crippen LogP contribution in [0, 0.1) is 0 Å². The zero-order chi connectivity index (χ0) is 29.7. The fourth-order valence-electron chi connectivity index (χ4n) is 6.53. The van der Waals surface area contributed by atoms with Crippen molar-refractivity contribution >= 4 is 55.7 Å². The van der Waals surface area contributed by atoms with Crippen LogP contribution in [0.15, 0.2) is 57.5 Å².